The van der Waals surface area contributed by atoms with Gasteiger partial charge < -0.3 is 20.9 Å². The van der Waals surface area contributed by atoms with Crippen LogP contribution in [-0.4, -0.2) is 74.5 Å². The average molecular weight is 632 g/mol. The van der Waals surface area contributed by atoms with Gasteiger partial charge in [0.05, 0.1) is 29.9 Å². The van der Waals surface area contributed by atoms with E-state index < -0.39 is 24.1 Å². The monoisotopic (exact) mass is 631 g/mol. The lowest BCUT2D eigenvalue weighted by molar-refractivity contribution is -0.157. The molecule has 2 saturated heterocycles. The molecular formula is C32H31F2N7O3S. The standard InChI is InChI=1S/C32H31F2N7O3S/c1-2-14-39(32(44)36-16-21-8-12-24(34)13-9-21)40-19-28(42)41-25(15-20-6-10-23(33)11-7-20)30(43)38(18-27(40)41)17-22-4-3-5-26-29(22)37-31(35)45-26/h2-13,25,27H,1,14-19H2,(H2,35,37)(H,36,44)/t25-,27+/m0/s1. The first-order chi connectivity index (χ1) is 21.7. The number of benzene rings is 3. The third-order valence-electron chi connectivity index (χ3n) is 7.99. The Kier molecular flexibility index (Phi) is 8.46. The Hall–Kier alpha value is -4.88. The molecule has 0 radical (unpaired) electrons. The van der Waals surface area contributed by atoms with Gasteiger partial charge in [0.2, 0.25) is 11.8 Å². The van der Waals surface area contributed by atoms with Crippen molar-refractivity contribution in [3.8, 4) is 0 Å². The molecule has 0 spiro atoms. The SMILES string of the molecule is C=CCN(C(=O)NCc1ccc(F)cc1)N1CC(=O)N2[C@@H](Cc3ccc(F)cc3)C(=O)N(Cc3cccc4sc(N)nc34)C[C@@H]21. The van der Waals surface area contributed by atoms with Gasteiger partial charge in [-0.3, -0.25) is 14.6 Å². The molecule has 2 aliphatic heterocycles. The van der Waals surface area contributed by atoms with E-state index in [9.17, 15) is 23.2 Å². The van der Waals surface area contributed by atoms with Crippen LogP contribution in [0.15, 0.2) is 79.4 Å². The Morgan fingerprint density at radius 3 is 2.44 bits per heavy atom. The molecular weight excluding hydrogens is 600 g/mol. The zero-order valence-corrected chi connectivity index (χ0v) is 25.1. The van der Waals surface area contributed by atoms with E-state index in [1.54, 1.807) is 40.3 Å². The molecule has 10 nitrogen and oxygen atoms in total. The highest BCUT2D eigenvalue weighted by Gasteiger charge is 2.52. The summed E-state index contributed by atoms with van der Waals surface area (Å²) in [6, 6.07) is 15.9. The number of hydrogen-bond donors (Lipinski definition) is 2. The first kappa shape index (κ1) is 30.2. The van der Waals surface area contributed by atoms with Gasteiger partial charge in [-0.1, -0.05) is 53.8 Å². The minimum absolute atomic E-state index is 0.0981. The van der Waals surface area contributed by atoms with Crippen molar-refractivity contribution in [1.29, 1.82) is 0 Å². The number of nitrogens with zero attached hydrogens (tertiary/aromatic N) is 5. The number of thiazole rings is 1. The molecule has 45 heavy (non-hydrogen) atoms. The van der Waals surface area contributed by atoms with Crippen LogP contribution in [0.2, 0.25) is 0 Å². The van der Waals surface area contributed by atoms with E-state index in [1.165, 1.54) is 45.5 Å². The van der Waals surface area contributed by atoms with Crippen LogP contribution in [0.25, 0.3) is 10.2 Å². The summed E-state index contributed by atoms with van der Waals surface area (Å²) in [5.74, 6) is -1.36. The summed E-state index contributed by atoms with van der Waals surface area (Å²) in [7, 11) is 0. The number of fused-ring (bicyclic) bond motifs is 2. The van der Waals surface area contributed by atoms with Crippen LogP contribution in [0.4, 0.5) is 18.7 Å². The summed E-state index contributed by atoms with van der Waals surface area (Å²) in [4.78, 5) is 48.9. The summed E-state index contributed by atoms with van der Waals surface area (Å²) in [6.07, 6.45) is 1.05. The van der Waals surface area contributed by atoms with Crippen LogP contribution in [-0.2, 0) is 29.1 Å². The molecule has 13 heteroatoms. The zero-order valence-electron chi connectivity index (χ0n) is 24.2. The summed E-state index contributed by atoms with van der Waals surface area (Å²) in [5, 5.41) is 6.32. The molecule has 0 bridgehead atoms. The van der Waals surface area contributed by atoms with Crippen molar-refractivity contribution in [3.05, 3.63) is 108 Å². The van der Waals surface area contributed by atoms with Gasteiger partial charge in [0.1, 0.15) is 23.8 Å². The predicted octanol–water partition coefficient (Wildman–Crippen LogP) is 3.89. The second-order valence-corrected chi connectivity index (χ2v) is 12.0. The lowest BCUT2D eigenvalue weighted by Gasteiger charge is -2.46. The van der Waals surface area contributed by atoms with Crippen LogP contribution in [0.3, 0.4) is 0 Å². The molecule has 2 aliphatic rings. The molecule has 2 atom stereocenters. The van der Waals surface area contributed by atoms with Crippen LogP contribution in [0.1, 0.15) is 16.7 Å². The highest BCUT2D eigenvalue weighted by Crippen LogP contribution is 2.32. The third kappa shape index (κ3) is 6.22. The molecule has 0 aliphatic carbocycles. The van der Waals surface area contributed by atoms with E-state index in [4.69, 9.17) is 5.73 Å². The van der Waals surface area contributed by atoms with Crippen molar-refractivity contribution in [2.24, 2.45) is 0 Å². The maximum atomic E-state index is 14.1. The van der Waals surface area contributed by atoms with E-state index in [-0.39, 0.29) is 56.8 Å². The Balaban J connectivity index is 1.31. The van der Waals surface area contributed by atoms with Crippen LogP contribution in [0.5, 0.6) is 0 Å². The first-order valence-corrected chi connectivity index (χ1v) is 15.2. The lowest BCUT2D eigenvalue weighted by Crippen LogP contribution is -2.66. The number of rotatable bonds is 9. The number of halogens is 2. The minimum Gasteiger partial charge on any atom is -0.375 e. The normalized spacial score (nSPS) is 18.4. The minimum atomic E-state index is -0.890. The highest BCUT2D eigenvalue weighted by molar-refractivity contribution is 7.22. The number of hydrogen-bond acceptors (Lipinski definition) is 7. The first-order valence-electron chi connectivity index (χ1n) is 14.4. The molecule has 6 rings (SSSR count). The molecule has 3 N–H and O–H groups in total. The van der Waals surface area contributed by atoms with Gasteiger partial charge in [-0.2, -0.15) is 5.01 Å². The fourth-order valence-corrected chi connectivity index (χ4v) is 6.67. The van der Waals surface area contributed by atoms with Gasteiger partial charge in [-0.05, 0) is 47.0 Å². The summed E-state index contributed by atoms with van der Waals surface area (Å²) in [6.45, 7) is 4.23. The Morgan fingerprint density at radius 2 is 1.76 bits per heavy atom. The average Bonchev–Trinajstić information content (AvgIpc) is 3.57. The zero-order chi connectivity index (χ0) is 31.7. The smallest absolute Gasteiger partial charge is 0.332 e. The van der Waals surface area contributed by atoms with E-state index in [0.29, 0.717) is 21.8 Å². The molecule has 3 aromatic carbocycles. The molecule has 4 aromatic rings. The second kappa shape index (κ2) is 12.6. The summed E-state index contributed by atoms with van der Waals surface area (Å²) >= 11 is 1.36. The number of nitrogens with one attached hydrogen (secondary N) is 1. The third-order valence-corrected chi connectivity index (χ3v) is 8.84. The number of hydrazine groups is 1. The van der Waals surface area contributed by atoms with E-state index >= 15 is 0 Å². The maximum Gasteiger partial charge on any atom is 0.332 e. The molecule has 0 unspecified atom stereocenters. The van der Waals surface area contributed by atoms with Gasteiger partial charge in [-0.25, -0.2) is 18.6 Å². The van der Waals surface area contributed by atoms with Crippen molar-refractivity contribution < 1.29 is 23.2 Å². The molecule has 2 fully saturated rings. The van der Waals surface area contributed by atoms with Gasteiger partial charge in [0.15, 0.2) is 5.13 Å². The van der Waals surface area contributed by atoms with Crippen molar-refractivity contribution in [2.45, 2.75) is 31.7 Å². The Morgan fingerprint density at radius 1 is 1.07 bits per heavy atom. The van der Waals surface area contributed by atoms with Gasteiger partial charge in [0, 0.05) is 19.5 Å². The summed E-state index contributed by atoms with van der Waals surface area (Å²) in [5.41, 5.74) is 8.89. The topological polar surface area (TPSA) is 115 Å². The van der Waals surface area contributed by atoms with E-state index in [1.807, 2.05) is 18.2 Å². The van der Waals surface area contributed by atoms with Crippen molar-refractivity contribution in [2.75, 3.05) is 25.4 Å². The van der Waals surface area contributed by atoms with Gasteiger partial charge >= 0.3 is 6.03 Å². The van der Waals surface area contributed by atoms with Crippen LogP contribution in [0, 0.1) is 11.6 Å². The number of aromatic nitrogens is 1. The largest absolute Gasteiger partial charge is 0.375 e. The fourth-order valence-electron chi connectivity index (χ4n) is 5.89. The number of anilines is 1. The lowest BCUT2D eigenvalue weighted by atomic mass is 10.00. The number of nitrogen functional groups attached to an aromatic ring is 1. The van der Waals surface area contributed by atoms with E-state index in [2.05, 4.69) is 16.9 Å². The molecule has 4 amide bonds. The van der Waals surface area contributed by atoms with Crippen molar-refractivity contribution in [1.82, 2.24) is 30.1 Å². The molecule has 0 saturated carbocycles. The van der Waals surface area contributed by atoms with Crippen LogP contribution < -0.4 is 11.1 Å². The number of amides is 4. The predicted molar refractivity (Wildman–Crippen MR) is 166 cm³/mol. The van der Waals surface area contributed by atoms with Crippen molar-refractivity contribution >= 4 is 44.5 Å². The van der Waals surface area contributed by atoms with Gasteiger partial charge in [-0.15, -0.1) is 6.58 Å². The van der Waals surface area contributed by atoms with Crippen molar-refractivity contribution in [3.63, 3.8) is 0 Å². The molecule has 1 aromatic heterocycles. The van der Waals surface area contributed by atoms with Gasteiger partial charge in [0.25, 0.3) is 0 Å². The quantitative estimate of drug-likeness (QED) is 0.271. The number of para-hydroxylation sites is 1. The molecule has 3 heterocycles. The highest BCUT2D eigenvalue weighted by atomic mass is 32.1. The second-order valence-electron chi connectivity index (χ2n) is 10.9. The number of carbonyl (C=O) groups is 3. The number of carbonyl (C=O) groups excluding carboxylic acids is 3. The number of nitrogens with two attached hydrogens (primary N) is 1. The van der Waals surface area contributed by atoms with E-state index in [0.717, 1.165) is 10.3 Å². The number of urea groups is 1. The fraction of sp³-hybridized carbons (Fsp3) is 0.250. The maximum absolute atomic E-state index is 14.1. The Bertz CT molecular complexity index is 1750. The Labute approximate surface area is 262 Å². The summed E-state index contributed by atoms with van der Waals surface area (Å²) < 4.78 is 28.0. The number of piperazine rings is 1. The van der Waals surface area contributed by atoms with Crippen LogP contribution >= 0.6 is 11.3 Å². The molecule has 232 valence electrons.